The zero-order valence-electron chi connectivity index (χ0n) is 14.3. The van der Waals surface area contributed by atoms with E-state index in [4.69, 9.17) is 0 Å². The fraction of sp³-hybridized carbons (Fsp3) is 0.333. The van der Waals surface area contributed by atoms with Crippen LogP contribution in [0.2, 0.25) is 0 Å². The first kappa shape index (κ1) is 16.3. The van der Waals surface area contributed by atoms with Gasteiger partial charge >= 0.3 is 0 Å². The Bertz CT molecular complexity index is 834. The summed E-state index contributed by atoms with van der Waals surface area (Å²) < 4.78 is 3.67. The van der Waals surface area contributed by atoms with Crippen LogP contribution in [-0.4, -0.2) is 31.3 Å². The number of nitrogens with zero attached hydrogens (tertiary/aromatic N) is 4. The van der Waals surface area contributed by atoms with Crippen molar-refractivity contribution in [3.05, 3.63) is 53.3 Å². The Morgan fingerprint density at radius 3 is 2.67 bits per heavy atom. The number of aliphatic hydroxyl groups excluding tert-OH is 1. The van der Waals surface area contributed by atoms with E-state index in [0.29, 0.717) is 13.1 Å². The quantitative estimate of drug-likeness (QED) is 0.731. The summed E-state index contributed by atoms with van der Waals surface area (Å²) in [6.45, 7) is 5.31. The standard InChI is InChI=1S/C18H23N5O/c1-13-6-4-5-7-16(13)17-10-18(23(21-17)8-9-24)19-11-15-12-20-22(3)14(15)2/h4-7,10,12,19,24H,8-9,11H2,1-3H3. The van der Waals surface area contributed by atoms with Crippen molar-refractivity contribution in [2.45, 2.75) is 26.9 Å². The van der Waals surface area contributed by atoms with Gasteiger partial charge in [0.1, 0.15) is 5.82 Å². The molecule has 6 nitrogen and oxygen atoms in total. The first-order valence-electron chi connectivity index (χ1n) is 8.06. The Balaban J connectivity index is 1.86. The Kier molecular flexibility index (Phi) is 4.66. The van der Waals surface area contributed by atoms with Gasteiger partial charge in [0.2, 0.25) is 0 Å². The lowest BCUT2D eigenvalue weighted by atomic mass is 10.1. The van der Waals surface area contributed by atoms with Crippen molar-refractivity contribution in [3.8, 4) is 11.3 Å². The molecule has 0 aliphatic heterocycles. The van der Waals surface area contributed by atoms with Crippen LogP contribution in [0.4, 0.5) is 5.82 Å². The summed E-state index contributed by atoms with van der Waals surface area (Å²) >= 11 is 0. The van der Waals surface area contributed by atoms with E-state index in [1.54, 1.807) is 0 Å². The highest BCUT2D eigenvalue weighted by Gasteiger charge is 2.12. The van der Waals surface area contributed by atoms with E-state index in [1.165, 1.54) is 5.56 Å². The van der Waals surface area contributed by atoms with E-state index >= 15 is 0 Å². The van der Waals surface area contributed by atoms with Gasteiger partial charge in [0, 0.05) is 36.5 Å². The van der Waals surface area contributed by atoms with Gasteiger partial charge in [-0.25, -0.2) is 4.68 Å². The molecule has 0 atom stereocenters. The first-order chi connectivity index (χ1) is 11.6. The fourth-order valence-corrected chi connectivity index (χ4v) is 2.72. The predicted molar refractivity (Wildman–Crippen MR) is 94.8 cm³/mol. The second-order valence-corrected chi connectivity index (χ2v) is 5.91. The molecule has 2 N–H and O–H groups in total. The Labute approximate surface area is 141 Å². The van der Waals surface area contributed by atoms with Crippen LogP contribution in [0.3, 0.4) is 0 Å². The number of aryl methyl sites for hydroxylation is 2. The molecule has 0 saturated heterocycles. The molecule has 6 heteroatoms. The SMILES string of the molecule is Cc1ccccc1-c1cc(NCc2cnn(C)c2C)n(CCO)n1. The van der Waals surface area contributed by atoms with Gasteiger partial charge in [0.15, 0.2) is 0 Å². The molecule has 3 aromatic rings. The zero-order valence-corrected chi connectivity index (χ0v) is 14.3. The van der Waals surface area contributed by atoms with Gasteiger partial charge in [-0.15, -0.1) is 0 Å². The van der Waals surface area contributed by atoms with E-state index in [-0.39, 0.29) is 6.61 Å². The number of rotatable bonds is 6. The number of hydrogen-bond acceptors (Lipinski definition) is 4. The highest BCUT2D eigenvalue weighted by Crippen LogP contribution is 2.25. The molecule has 1 aromatic carbocycles. The Hall–Kier alpha value is -2.60. The molecule has 24 heavy (non-hydrogen) atoms. The number of anilines is 1. The minimum absolute atomic E-state index is 0.0511. The third kappa shape index (κ3) is 3.19. The molecule has 126 valence electrons. The zero-order chi connectivity index (χ0) is 17.1. The minimum atomic E-state index is 0.0511. The summed E-state index contributed by atoms with van der Waals surface area (Å²) in [6.07, 6.45) is 1.87. The summed E-state index contributed by atoms with van der Waals surface area (Å²) in [4.78, 5) is 0. The third-order valence-corrected chi connectivity index (χ3v) is 4.31. The number of benzene rings is 1. The molecule has 0 unspecified atom stereocenters. The molecule has 0 aliphatic carbocycles. The molecule has 0 radical (unpaired) electrons. The van der Waals surface area contributed by atoms with Crippen LogP contribution < -0.4 is 5.32 Å². The maximum atomic E-state index is 9.31. The summed E-state index contributed by atoms with van der Waals surface area (Å²) in [5.41, 5.74) is 5.48. The number of aliphatic hydroxyl groups is 1. The maximum Gasteiger partial charge on any atom is 0.125 e. The average Bonchev–Trinajstić information content (AvgIpc) is 3.11. The van der Waals surface area contributed by atoms with Crippen LogP contribution in [0.15, 0.2) is 36.5 Å². The van der Waals surface area contributed by atoms with Crippen molar-refractivity contribution in [2.75, 3.05) is 11.9 Å². The van der Waals surface area contributed by atoms with Crippen molar-refractivity contribution in [2.24, 2.45) is 7.05 Å². The van der Waals surface area contributed by atoms with Crippen LogP contribution in [0.1, 0.15) is 16.8 Å². The molecule has 3 rings (SSSR count). The highest BCUT2D eigenvalue weighted by molar-refractivity contribution is 5.66. The highest BCUT2D eigenvalue weighted by atomic mass is 16.3. The molecule has 0 spiro atoms. The van der Waals surface area contributed by atoms with Gasteiger partial charge in [0.05, 0.1) is 25.0 Å². The molecule has 0 fully saturated rings. The summed E-state index contributed by atoms with van der Waals surface area (Å²) in [5.74, 6) is 0.894. The van der Waals surface area contributed by atoms with Crippen molar-refractivity contribution in [3.63, 3.8) is 0 Å². The van der Waals surface area contributed by atoms with Crippen molar-refractivity contribution < 1.29 is 5.11 Å². The van der Waals surface area contributed by atoms with Crippen LogP contribution in [0.25, 0.3) is 11.3 Å². The molecule has 0 aliphatic rings. The Morgan fingerprint density at radius 2 is 2.00 bits per heavy atom. The van der Waals surface area contributed by atoms with Crippen LogP contribution >= 0.6 is 0 Å². The average molecular weight is 325 g/mol. The number of aromatic nitrogens is 4. The second kappa shape index (κ2) is 6.88. The lowest BCUT2D eigenvalue weighted by Gasteiger charge is -2.08. The van der Waals surface area contributed by atoms with Crippen molar-refractivity contribution in [1.29, 1.82) is 0 Å². The monoisotopic (exact) mass is 325 g/mol. The molecular weight excluding hydrogens is 302 g/mol. The van der Waals surface area contributed by atoms with E-state index < -0.39 is 0 Å². The molecule has 2 aromatic heterocycles. The lowest BCUT2D eigenvalue weighted by Crippen LogP contribution is -2.10. The number of nitrogens with one attached hydrogen (secondary N) is 1. The van der Waals surface area contributed by atoms with E-state index in [1.807, 2.05) is 47.7 Å². The van der Waals surface area contributed by atoms with Gasteiger partial charge in [-0.2, -0.15) is 10.2 Å². The Morgan fingerprint density at radius 1 is 1.21 bits per heavy atom. The van der Waals surface area contributed by atoms with Crippen molar-refractivity contribution >= 4 is 5.82 Å². The summed E-state index contributed by atoms with van der Waals surface area (Å²) in [6, 6.07) is 10.2. The summed E-state index contributed by atoms with van der Waals surface area (Å²) in [7, 11) is 1.94. The van der Waals surface area contributed by atoms with Crippen LogP contribution in [-0.2, 0) is 20.1 Å². The topological polar surface area (TPSA) is 67.9 Å². The smallest absolute Gasteiger partial charge is 0.125 e. The maximum absolute atomic E-state index is 9.31. The lowest BCUT2D eigenvalue weighted by molar-refractivity contribution is 0.270. The number of hydrogen-bond donors (Lipinski definition) is 2. The molecule has 2 heterocycles. The van der Waals surface area contributed by atoms with Crippen molar-refractivity contribution in [1.82, 2.24) is 19.6 Å². The van der Waals surface area contributed by atoms with Gasteiger partial charge < -0.3 is 10.4 Å². The van der Waals surface area contributed by atoms with Gasteiger partial charge in [-0.1, -0.05) is 24.3 Å². The largest absolute Gasteiger partial charge is 0.394 e. The van der Waals surface area contributed by atoms with Gasteiger partial charge in [-0.05, 0) is 19.4 Å². The fourth-order valence-electron chi connectivity index (χ4n) is 2.72. The normalized spacial score (nSPS) is 11.0. The predicted octanol–water partition coefficient (Wildman–Crippen LogP) is 2.50. The molecular formula is C18H23N5O. The molecule has 0 bridgehead atoms. The molecule has 0 saturated carbocycles. The van der Waals surface area contributed by atoms with E-state index in [0.717, 1.165) is 28.3 Å². The van der Waals surface area contributed by atoms with Crippen LogP contribution in [0.5, 0.6) is 0 Å². The first-order valence-corrected chi connectivity index (χ1v) is 8.06. The van der Waals surface area contributed by atoms with Gasteiger partial charge in [0.25, 0.3) is 0 Å². The van der Waals surface area contributed by atoms with E-state index in [9.17, 15) is 5.11 Å². The third-order valence-electron chi connectivity index (χ3n) is 4.31. The van der Waals surface area contributed by atoms with E-state index in [2.05, 4.69) is 34.6 Å². The molecule has 0 amide bonds. The minimum Gasteiger partial charge on any atom is -0.394 e. The second-order valence-electron chi connectivity index (χ2n) is 5.91. The van der Waals surface area contributed by atoms with Gasteiger partial charge in [-0.3, -0.25) is 4.68 Å². The van der Waals surface area contributed by atoms with Crippen LogP contribution in [0, 0.1) is 13.8 Å². The summed E-state index contributed by atoms with van der Waals surface area (Å²) in [5, 5.41) is 21.6.